The van der Waals surface area contributed by atoms with Crippen LogP contribution in [0.2, 0.25) is 0 Å². The van der Waals surface area contributed by atoms with Gasteiger partial charge in [0.05, 0.1) is 5.56 Å². The number of phenols is 2. The van der Waals surface area contributed by atoms with E-state index < -0.39 is 0 Å². The van der Waals surface area contributed by atoms with Crippen molar-refractivity contribution in [1.29, 1.82) is 0 Å². The molecule has 0 saturated carbocycles. The molecule has 3 N–H and O–H groups in total. The maximum atomic E-state index is 13.1. The van der Waals surface area contributed by atoms with Gasteiger partial charge in [-0.1, -0.05) is 19.9 Å². The molecule has 0 radical (unpaired) electrons. The van der Waals surface area contributed by atoms with E-state index in [0.29, 0.717) is 19.1 Å². The molecule has 2 aliphatic heterocycles. The molecule has 0 aliphatic carbocycles. The number of phenolic OH excluding ortho intramolecular Hbond substituents is 2. The van der Waals surface area contributed by atoms with Crippen molar-refractivity contribution in [3.8, 4) is 11.5 Å². The fourth-order valence-corrected chi connectivity index (χ4v) is 4.32. The quantitative estimate of drug-likeness (QED) is 0.668. The van der Waals surface area contributed by atoms with Gasteiger partial charge in [0.15, 0.2) is 11.5 Å². The Bertz CT molecular complexity index is 949. The SMILES string of the molecule is CC(C)c1cc(O)c(O)c(C(=O)N2Cc3ccc(NC4CCN(C)CC4)cc3C2)c1. The van der Waals surface area contributed by atoms with Crippen molar-refractivity contribution >= 4 is 11.6 Å². The minimum atomic E-state index is -0.343. The number of nitrogens with zero attached hydrogens (tertiary/aromatic N) is 2. The van der Waals surface area contributed by atoms with Crippen LogP contribution in [0.1, 0.15) is 59.7 Å². The normalized spacial score (nSPS) is 17.4. The summed E-state index contributed by atoms with van der Waals surface area (Å²) in [4.78, 5) is 17.2. The minimum Gasteiger partial charge on any atom is -0.504 e. The van der Waals surface area contributed by atoms with E-state index in [4.69, 9.17) is 0 Å². The standard InChI is InChI=1S/C24H31N3O3/c1-15(2)17-11-21(23(29)22(28)12-17)24(30)27-13-16-4-5-20(10-18(16)14-27)25-19-6-8-26(3)9-7-19/h4-5,10-12,15,19,25,28-29H,6-9,13-14H2,1-3H3. The van der Waals surface area contributed by atoms with Crippen LogP contribution in [0.15, 0.2) is 30.3 Å². The summed E-state index contributed by atoms with van der Waals surface area (Å²) < 4.78 is 0. The van der Waals surface area contributed by atoms with E-state index >= 15 is 0 Å². The lowest BCUT2D eigenvalue weighted by atomic mass is 9.99. The van der Waals surface area contributed by atoms with Crippen LogP contribution in [0.4, 0.5) is 5.69 Å². The molecule has 1 saturated heterocycles. The zero-order chi connectivity index (χ0) is 21.4. The Morgan fingerprint density at radius 1 is 1.07 bits per heavy atom. The molecule has 0 atom stereocenters. The number of anilines is 1. The molecule has 1 amide bonds. The predicted molar refractivity (Wildman–Crippen MR) is 118 cm³/mol. The third-order valence-corrected chi connectivity index (χ3v) is 6.31. The van der Waals surface area contributed by atoms with Gasteiger partial charge in [0.2, 0.25) is 0 Å². The topological polar surface area (TPSA) is 76.0 Å². The lowest BCUT2D eigenvalue weighted by Gasteiger charge is -2.30. The van der Waals surface area contributed by atoms with Crippen LogP contribution in [0.25, 0.3) is 0 Å². The number of benzene rings is 2. The molecular formula is C24H31N3O3. The van der Waals surface area contributed by atoms with Crippen LogP contribution < -0.4 is 5.32 Å². The molecule has 0 spiro atoms. The molecule has 2 heterocycles. The van der Waals surface area contributed by atoms with Crippen LogP contribution in [0.3, 0.4) is 0 Å². The summed E-state index contributed by atoms with van der Waals surface area (Å²) in [5, 5.41) is 24.0. The van der Waals surface area contributed by atoms with Gasteiger partial charge in [-0.05, 0) is 79.9 Å². The van der Waals surface area contributed by atoms with Crippen molar-refractivity contribution < 1.29 is 15.0 Å². The number of piperidine rings is 1. The van der Waals surface area contributed by atoms with Gasteiger partial charge in [-0.25, -0.2) is 0 Å². The van der Waals surface area contributed by atoms with Crippen LogP contribution in [-0.2, 0) is 13.1 Å². The molecule has 30 heavy (non-hydrogen) atoms. The molecule has 2 aromatic rings. The highest BCUT2D eigenvalue weighted by Gasteiger charge is 2.28. The van der Waals surface area contributed by atoms with Crippen molar-refractivity contribution in [1.82, 2.24) is 9.80 Å². The average molecular weight is 410 g/mol. The van der Waals surface area contributed by atoms with Crippen molar-refractivity contribution in [2.45, 2.75) is 51.7 Å². The van der Waals surface area contributed by atoms with Gasteiger partial charge in [0.25, 0.3) is 5.91 Å². The maximum Gasteiger partial charge on any atom is 0.258 e. The highest BCUT2D eigenvalue weighted by atomic mass is 16.3. The number of nitrogens with one attached hydrogen (secondary N) is 1. The zero-order valence-corrected chi connectivity index (χ0v) is 18.0. The molecular weight excluding hydrogens is 378 g/mol. The number of carbonyl (C=O) groups excluding carboxylic acids is 1. The molecule has 2 aromatic carbocycles. The Morgan fingerprint density at radius 2 is 1.77 bits per heavy atom. The Hall–Kier alpha value is -2.73. The molecule has 6 nitrogen and oxygen atoms in total. The number of hydrogen-bond donors (Lipinski definition) is 3. The zero-order valence-electron chi connectivity index (χ0n) is 18.0. The van der Waals surface area contributed by atoms with E-state index in [2.05, 4.69) is 35.5 Å². The molecule has 4 rings (SSSR count). The number of amides is 1. The first kappa shape index (κ1) is 20.5. The summed E-state index contributed by atoms with van der Waals surface area (Å²) in [5.41, 5.74) is 4.34. The molecule has 2 aliphatic rings. The third-order valence-electron chi connectivity index (χ3n) is 6.31. The second kappa shape index (κ2) is 8.19. The average Bonchev–Trinajstić information content (AvgIpc) is 3.14. The maximum absolute atomic E-state index is 13.1. The van der Waals surface area contributed by atoms with Crippen molar-refractivity contribution in [2.75, 3.05) is 25.5 Å². The van der Waals surface area contributed by atoms with Gasteiger partial charge >= 0.3 is 0 Å². The van der Waals surface area contributed by atoms with Gasteiger partial charge in [0.1, 0.15) is 0 Å². The number of hydrogen-bond acceptors (Lipinski definition) is 5. The fourth-order valence-electron chi connectivity index (χ4n) is 4.32. The number of carbonyl (C=O) groups is 1. The van der Waals surface area contributed by atoms with Crippen LogP contribution in [-0.4, -0.2) is 52.1 Å². The second-order valence-corrected chi connectivity index (χ2v) is 8.96. The molecule has 1 fully saturated rings. The Kier molecular flexibility index (Phi) is 5.60. The Labute approximate surface area is 178 Å². The summed E-state index contributed by atoms with van der Waals surface area (Å²) >= 11 is 0. The molecule has 160 valence electrons. The van der Waals surface area contributed by atoms with E-state index in [1.54, 1.807) is 11.0 Å². The summed E-state index contributed by atoms with van der Waals surface area (Å²) in [6, 6.07) is 10.0. The minimum absolute atomic E-state index is 0.145. The van der Waals surface area contributed by atoms with Crippen LogP contribution in [0, 0.1) is 0 Å². The van der Waals surface area contributed by atoms with Gasteiger partial charge in [-0.2, -0.15) is 0 Å². The summed E-state index contributed by atoms with van der Waals surface area (Å²) in [5.74, 6) is -0.700. The lowest BCUT2D eigenvalue weighted by molar-refractivity contribution is 0.0747. The monoisotopic (exact) mass is 409 g/mol. The van der Waals surface area contributed by atoms with Crippen LogP contribution in [0.5, 0.6) is 11.5 Å². The van der Waals surface area contributed by atoms with E-state index in [0.717, 1.165) is 48.3 Å². The smallest absolute Gasteiger partial charge is 0.258 e. The molecule has 0 bridgehead atoms. The van der Waals surface area contributed by atoms with E-state index in [1.807, 2.05) is 13.8 Å². The number of aromatic hydroxyl groups is 2. The summed E-state index contributed by atoms with van der Waals surface area (Å²) in [7, 11) is 2.16. The van der Waals surface area contributed by atoms with E-state index in [-0.39, 0.29) is 28.9 Å². The van der Waals surface area contributed by atoms with Crippen molar-refractivity contribution in [3.05, 3.63) is 52.6 Å². The van der Waals surface area contributed by atoms with Crippen LogP contribution >= 0.6 is 0 Å². The van der Waals surface area contributed by atoms with E-state index in [1.165, 1.54) is 6.07 Å². The number of rotatable bonds is 4. The fraction of sp³-hybridized carbons (Fsp3) is 0.458. The first-order chi connectivity index (χ1) is 14.3. The summed E-state index contributed by atoms with van der Waals surface area (Å²) in [6.45, 7) is 7.21. The third kappa shape index (κ3) is 4.10. The van der Waals surface area contributed by atoms with Gasteiger partial charge < -0.3 is 25.3 Å². The highest BCUT2D eigenvalue weighted by molar-refractivity contribution is 5.98. The largest absolute Gasteiger partial charge is 0.504 e. The molecule has 0 aromatic heterocycles. The van der Waals surface area contributed by atoms with Gasteiger partial charge in [-0.3, -0.25) is 4.79 Å². The first-order valence-electron chi connectivity index (χ1n) is 10.7. The second-order valence-electron chi connectivity index (χ2n) is 8.96. The lowest BCUT2D eigenvalue weighted by Crippen LogP contribution is -2.36. The molecule has 0 unspecified atom stereocenters. The first-order valence-corrected chi connectivity index (χ1v) is 10.7. The van der Waals surface area contributed by atoms with E-state index in [9.17, 15) is 15.0 Å². The summed E-state index contributed by atoms with van der Waals surface area (Å²) in [6.07, 6.45) is 2.26. The highest BCUT2D eigenvalue weighted by Crippen LogP contribution is 2.36. The molecule has 6 heteroatoms. The number of likely N-dealkylation sites (tertiary alicyclic amines) is 1. The van der Waals surface area contributed by atoms with Crippen molar-refractivity contribution in [2.24, 2.45) is 0 Å². The predicted octanol–water partition coefficient (Wildman–Crippen LogP) is 3.88. The number of fused-ring (bicyclic) bond motifs is 1. The van der Waals surface area contributed by atoms with Gasteiger partial charge in [0, 0.05) is 24.8 Å². The van der Waals surface area contributed by atoms with Gasteiger partial charge in [-0.15, -0.1) is 0 Å². The Balaban J connectivity index is 1.49. The Morgan fingerprint density at radius 3 is 2.47 bits per heavy atom. The van der Waals surface area contributed by atoms with Crippen molar-refractivity contribution in [3.63, 3.8) is 0 Å².